The number of carboxylic acid groups (broad SMARTS) is 1. The first-order chi connectivity index (χ1) is 9.45. The molecule has 0 aliphatic carbocycles. The van der Waals surface area contributed by atoms with Crippen LogP contribution in [0.25, 0.3) is 0 Å². The number of benzene rings is 1. The second-order valence-electron chi connectivity index (χ2n) is 4.56. The summed E-state index contributed by atoms with van der Waals surface area (Å²) in [6, 6.07) is 7.22. The van der Waals surface area contributed by atoms with Crippen LogP contribution in [-0.4, -0.2) is 21.0 Å². The molecule has 0 spiro atoms. The third-order valence-corrected chi connectivity index (χ3v) is 2.59. The van der Waals surface area contributed by atoms with E-state index in [1.807, 2.05) is 13.8 Å². The average Bonchev–Trinajstić information content (AvgIpc) is 2.38. The van der Waals surface area contributed by atoms with Crippen molar-refractivity contribution in [3.8, 4) is 11.6 Å². The van der Waals surface area contributed by atoms with Crippen molar-refractivity contribution in [2.75, 3.05) is 0 Å². The van der Waals surface area contributed by atoms with Gasteiger partial charge in [0.1, 0.15) is 11.6 Å². The molecule has 1 aromatic carbocycles. The predicted molar refractivity (Wildman–Crippen MR) is 72.4 cm³/mol. The number of carbonyl (C=O) groups is 1. The summed E-state index contributed by atoms with van der Waals surface area (Å²) in [6.45, 7) is 3.79. The van der Waals surface area contributed by atoms with E-state index in [1.165, 1.54) is 18.2 Å². The lowest BCUT2D eigenvalue weighted by molar-refractivity contribution is 0.0696. The molecule has 2 aromatic rings. The molecule has 0 unspecified atom stereocenters. The first-order valence-corrected chi connectivity index (χ1v) is 6.08. The smallest absolute Gasteiger partial charge is 0.335 e. The first kappa shape index (κ1) is 13.8. The second kappa shape index (κ2) is 5.56. The van der Waals surface area contributed by atoms with Crippen LogP contribution in [0.5, 0.6) is 11.6 Å². The van der Waals surface area contributed by atoms with Gasteiger partial charge in [-0.1, -0.05) is 19.9 Å². The maximum absolute atomic E-state index is 11.5. The molecule has 0 amide bonds. The van der Waals surface area contributed by atoms with E-state index in [0.29, 0.717) is 11.6 Å². The van der Waals surface area contributed by atoms with E-state index in [4.69, 9.17) is 9.84 Å². The maximum Gasteiger partial charge on any atom is 0.335 e. The Hall–Kier alpha value is -2.63. The molecule has 1 aromatic heterocycles. The van der Waals surface area contributed by atoms with Gasteiger partial charge in [0.2, 0.25) is 5.88 Å². The van der Waals surface area contributed by atoms with Crippen molar-refractivity contribution in [3.63, 3.8) is 0 Å². The SMILES string of the molecule is CC(C)c1nc(Oc2cccc(C(=O)O)c2)cc(=O)[nH]1. The molecule has 0 saturated carbocycles. The van der Waals surface area contributed by atoms with Gasteiger partial charge < -0.3 is 14.8 Å². The first-order valence-electron chi connectivity index (χ1n) is 6.08. The Balaban J connectivity index is 2.32. The van der Waals surface area contributed by atoms with Gasteiger partial charge in [0.05, 0.1) is 11.6 Å². The van der Waals surface area contributed by atoms with E-state index in [9.17, 15) is 9.59 Å². The molecular weight excluding hydrogens is 260 g/mol. The van der Waals surface area contributed by atoms with Crippen molar-refractivity contribution in [1.82, 2.24) is 9.97 Å². The van der Waals surface area contributed by atoms with Gasteiger partial charge in [-0.05, 0) is 18.2 Å². The topological polar surface area (TPSA) is 92.3 Å². The number of aromatic nitrogens is 2. The molecule has 0 fully saturated rings. The number of ether oxygens (including phenoxy) is 1. The Morgan fingerprint density at radius 2 is 2.10 bits per heavy atom. The fourth-order valence-electron chi connectivity index (χ4n) is 1.59. The van der Waals surface area contributed by atoms with Crippen LogP contribution in [0.15, 0.2) is 35.1 Å². The molecule has 6 nitrogen and oxygen atoms in total. The Morgan fingerprint density at radius 1 is 1.35 bits per heavy atom. The zero-order valence-corrected chi connectivity index (χ0v) is 11.1. The zero-order chi connectivity index (χ0) is 14.7. The van der Waals surface area contributed by atoms with Gasteiger partial charge in [-0.2, -0.15) is 4.98 Å². The predicted octanol–water partition coefficient (Wildman–Crippen LogP) is 2.38. The van der Waals surface area contributed by atoms with E-state index in [1.54, 1.807) is 12.1 Å². The molecule has 0 aliphatic heterocycles. The summed E-state index contributed by atoms with van der Waals surface area (Å²) < 4.78 is 5.45. The monoisotopic (exact) mass is 274 g/mol. The van der Waals surface area contributed by atoms with E-state index < -0.39 is 5.97 Å². The van der Waals surface area contributed by atoms with E-state index in [-0.39, 0.29) is 22.9 Å². The molecule has 6 heteroatoms. The van der Waals surface area contributed by atoms with Crippen molar-refractivity contribution in [1.29, 1.82) is 0 Å². The molecule has 0 bridgehead atoms. The second-order valence-corrected chi connectivity index (χ2v) is 4.56. The summed E-state index contributed by atoms with van der Waals surface area (Å²) in [5.41, 5.74) is -0.204. The Bertz CT molecular complexity index is 692. The highest BCUT2D eigenvalue weighted by atomic mass is 16.5. The Morgan fingerprint density at radius 3 is 2.75 bits per heavy atom. The zero-order valence-electron chi connectivity index (χ0n) is 11.1. The third-order valence-electron chi connectivity index (χ3n) is 2.59. The molecule has 2 rings (SSSR count). The minimum Gasteiger partial charge on any atom is -0.478 e. The molecule has 2 N–H and O–H groups in total. The number of aromatic carboxylic acids is 1. The molecule has 20 heavy (non-hydrogen) atoms. The summed E-state index contributed by atoms with van der Waals surface area (Å²) in [6.07, 6.45) is 0. The minimum atomic E-state index is -1.04. The average molecular weight is 274 g/mol. The van der Waals surface area contributed by atoms with Crippen LogP contribution in [0.2, 0.25) is 0 Å². The van der Waals surface area contributed by atoms with Gasteiger partial charge in [-0.25, -0.2) is 4.79 Å². The molecule has 0 saturated heterocycles. The van der Waals surface area contributed by atoms with Crippen molar-refractivity contribution >= 4 is 5.97 Å². The van der Waals surface area contributed by atoms with Crippen LogP contribution in [-0.2, 0) is 0 Å². The standard InChI is InChI=1S/C14H14N2O4/c1-8(2)13-15-11(17)7-12(16-13)20-10-5-3-4-9(6-10)14(18)19/h3-8H,1-2H3,(H,18,19)(H,15,16,17). The van der Waals surface area contributed by atoms with Gasteiger partial charge in [0.15, 0.2) is 0 Å². The van der Waals surface area contributed by atoms with E-state index in [2.05, 4.69) is 9.97 Å². The van der Waals surface area contributed by atoms with Crippen LogP contribution >= 0.6 is 0 Å². The quantitative estimate of drug-likeness (QED) is 0.893. The largest absolute Gasteiger partial charge is 0.478 e. The van der Waals surface area contributed by atoms with Crippen molar-refractivity contribution in [3.05, 3.63) is 52.1 Å². The molecule has 1 heterocycles. The summed E-state index contributed by atoms with van der Waals surface area (Å²) in [4.78, 5) is 29.2. The molecule has 0 aliphatic rings. The molecule has 0 radical (unpaired) electrons. The Labute approximate surface area is 115 Å². The maximum atomic E-state index is 11.5. The lowest BCUT2D eigenvalue weighted by atomic mass is 10.2. The fourth-order valence-corrected chi connectivity index (χ4v) is 1.59. The minimum absolute atomic E-state index is 0.0524. The molecule has 0 atom stereocenters. The number of nitrogens with zero attached hydrogens (tertiary/aromatic N) is 1. The van der Waals surface area contributed by atoms with E-state index >= 15 is 0 Å². The summed E-state index contributed by atoms with van der Waals surface area (Å²) in [5, 5.41) is 8.91. The fraction of sp³-hybridized carbons (Fsp3) is 0.214. The number of hydrogen-bond acceptors (Lipinski definition) is 4. The van der Waals surface area contributed by atoms with Crippen LogP contribution < -0.4 is 10.3 Å². The van der Waals surface area contributed by atoms with Gasteiger partial charge in [0, 0.05) is 5.92 Å². The highest BCUT2D eigenvalue weighted by Gasteiger charge is 2.08. The molecule has 104 valence electrons. The Kier molecular flexibility index (Phi) is 3.84. The van der Waals surface area contributed by atoms with Gasteiger partial charge >= 0.3 is 5.97 Å². The highest BCUT2D eigenvalue weighted by molar-refractivity contribution is 5.88. The van der Waals surface area contributed by atoms with Crippen LogP contribution in [0.3, 0.4) is 0 Å². The van der Waals surface area contributed by atoms with Crippen LogP contribution in [0.4, 0.5) is 0 Å². The summed E-state index contributed by atoms with van der Waals surface area (Å²) in [7, 11) is 0. The number of carboxylic acids is 1. The number of hydrogen-bond donors (Lipinski definition) is 2. The number of nitrogens with one attached hydrogen (secondary N) is 1. The highest BCUT2D eigenvalue weighted by Crippen LogP contribution is 2.20. The summed E-state index contributed by atoms with van der Waals surface area (Å²) in [5.74, 6) is -0.0200. The number of aromatic amines is 1. The summed E-state index contributed by atoms with van der Waals surface area (Å²) >= 11 is 0. The van der Waals surface area contributed by atoms with Crippen molar-refractivity contribution in [2.24, 2.45) is 0 Å². The van der Waals surface area contributed by atoms with Crippen LogP contribution in [0.1, 0.15) is 35.9 Å². The third kappa shape index (κ3) is 3.23. The lowest BCUT2D eigenvalue weighted by Gasteiger charge is -2.08. The van der Waals surface area contributed by atoms with Crippen molar-refractivity contribution in [2.45, 2.75) is 19.8 Å². The normalized spacial score (nSPS) is 10.6. The van der Waals surface area contributed by atoms with Crippen molar-refractivity contribution < 1.29 is 14.6 Å². The number of rotatable bonds is 4. The van der Waals surface area contributed by atoms with Gasteiger partial charge in [0.25, 0.3) is 5.56 Å². The lowest BCUT2D eigenvalue weighted by Crippen LogP contribution is -2.12. The van der Waals surface area contributed by atoms with Gasteiger partial charge in [-0.3, -0.25) is 4.79 Å². The van der Waals surface area contributed by atoms with E-state index in [0.717, 1.165) is 0 Å². The van der Waals surface area contributed by atoms with Gasteiger partial charge in [-0.15, -0.1) is 0 Å². The number of H-pyrrole nitrogens is 1. The molecular formula is C14H14N2O4. The van der Waals surface area contributed by atoms with Crippen LogP contribution in [0, 0.1) is 0 Å².